The molecule has 2 N–H and O–H groups in total. The van der Waals surface area contributed by atoms with Crippen LogP contribution in [0.15, 0.2) is 53.4 Å². The molecular weight excluding hydrogens is 378 g/mol. The zero-order valence-corrected chi connectivity index (χ0v) is 15.7. The summed E-state index contributed by atoms with van der Waals surface area (Å²) in [7, 11) is -3.85. The van der Waals surface area contributed by atoms with Crippen LogP contribution >= 0.6 is 12.4 Å². The third kappa shape index (κ3) is 3.73. The van der Waals surface area contributed by atoms with Gasteiger partial charge in [-0.05, 0) is 18.1 Å². The van der Waals surface area contributed by atoms with Crippen molar-refractivity contribution in [3.05, 3.63) is 69.8 Å². The van der Waals surface area contributed by atoms with Crippen molar-refractivity contribution in [3.63, 3.8) is 0 Å². The Morgan fingerprint density at radius 3 is 2.42 bits per heavy atom. The van der Waals surface area contributed by atoms with Gasteiger partial charge in [0, 0.05) is 37.2 Å². The van der Waals surface area contributed by atoms with Gasteiger partial charge in [-0.3, -0.25) is 10.1 Å². The van der Waals surface area contributed by atoms with E-state index in [0.29, 0.717) is 5.56 Å². The van der Waals surface area contributed by atoms with Gasteiger partial charge in [0.05, 0.1) is 9.82 Å². The first-order valence-corrected chi connectivity index (χ1v) is 9.30. The van der Waals surface area contributed by atoms with E-state index in [1.807, 2.05) is 30.3 Å². The first kappa shape index (κ1) is 20.3. The van der Waals surface area contributed by atoms with Crippen LogP contribution in [0.4, 0.5) is 5.69 Å². The molecule has 9 heteroatoms. The Morgan fingerprint density at radius 1 is 1.15 bits per heavy atom. The van der Waals surface area contributed by atoms with Crippen LogP contribution in [0.5, 0.6) is 0 Å². The van der Waals surface area contributed by atoms with Gasteiger partial charge in [0.15, 0.2) is 0 Å². The molecule has 2 aromatic rings. The maximum absolute atomic E-state index is 13.0. The average Bonchev–Trinajstić information content (AvgIpc) is 2.98. The second kappa shape index (κ2) is 7.71. The number of aryl methyl sites for hydroxylation is 1. The van der Waals surface area contributed by atoms with Gasteiger partial charge < -0.3 is 5.73 Å². The van der Waals surface area contributed by atoms with Crippen LogP contribution in [0.1, 0.15) is 17.0 Å². The number of nitrogens with zero attached hydrogens (tertiary/aromatic N) is 2. The quantitative estimate of drug-likeness (QED) is 0.629. The molecule has 140 valence electrons. The number of rotatable bonds is 4. The van der Waals surface area contributed by atoms with E-state index in [4.69, 9.17) is 5.73 Å². The fourth-order valence-corrected chi connectivity index (χ4v) is 4.91. The van der Waals surface area contributed by atoms with E-state index in [1.54, 1.807) is 6.92 Å². The lowest BCUT2D eigenvalue weighted by molar-refractivity contribution is -0.385. The Labute approximate surface area is 158 Å². The first-order valence-electron chi connectivity index (χ1n) is 7.86. The van der Waals surface area contributed by atoms with Crippen molar-refractivity contribution in [1.82, 2.24) is 4.31 Å². The zero-order valence-electron chi connectivity index (χ0n) is 14.1. The van der Waals surface area contributed by atoms with Gasteiger partial charge in [0.25, 0.3) is 5.69 Å². The topological polar surface area (TPSA) is 107 Å². The van der Waals surface area contributed by atoms with Crippen molar-refractivity contribution in [2.24, 2.45) is 5.73 Å². The van der Waals surface area contributed by atoms with Gasteiger partial charge in [0.1, 0.15) is 0 Å². The second-order valence-corrected chi connectivity index (χ2v) is 8.12. The molecule has 1 heterocycles. The number of hydrogen-bond acceptors (Lipinski definition) is 5. The summed E-state index contributed by atoms with van der Waals surface area (Å²) >= 11 is 0. The van der Waals surface area contributed by atoms with Crippen LogP contribution in [0.25, 0.3) is 0 Å². The summed E-state index contributed by atoms with van der Waals surface area (Å²) in [5.41, 5.74) is 7.40. The third-order valence-corrected chi connectivity index (χ3v) is 6.53. The van der Waals surface area contributed by atoms with Crippen LogP contribution in [0, 0.1) is 17.0 Å². The van der Waals surface area contributed by atoms with Gasteiger partial charge in [-0.25, -0.2) is 8.42 Å². The molecule has 1 fully saturated rings. The van der Waals surface area contributed by atoms with Gasteiger partial charge >= 0.3 is 0 Å². The van der Waals surface area contributed by atoms with Gasteiger partial charge in [-0.15, -0.1) is 12.4 Å². The Hall–Kier alpha value is -2.00. The van der Waals surface area contributed by atoms with Crippen molar-refractivity contribution >= 4 is 28.1 Å². The van der Waals surface area contributed by atoms with Crippen molar-refractivity contribution in [3.8, 4) is 0 Å². The van der Waals surface area contributed by atoms with Crippen molar-refractivity contribution < 1.29 is 13.3 Å². The van der Waals surface area contributed by atoms with E-state index in [0.717, 1.165) is 11.6 Å². The monoisotopic (exact) mass is 397 g/mol. The number of nitro groups is 1. The highest BCUT2D eigenvalue weighted by Crippen LogP contribution is 2.32. The minimum Gasteiger partial charge on any atom is -0.326 e. The number of hydrogen-bond donors (Lipinski definition) is 1. The fourth-order valence-electron chi connectivity index (χ4n) is 3.16. The molecule has 0 saturated carbocycles. The predicted molar refractivity (Wildman–Crippen MR) is 101 cm³/mol. The highest BCUT2D eigenvalue weighted by Gasteiger charge is 2.39. The summed E-state index contributed by atoms with van der Waals surface area (Å²) in [6.45, 7) is 2.07. The molecule has 0 aromatic heterocycles. The summed E-state index contributed by atoms with van der Waals surface area (Å²) in [4.78, 5) is 10.3. The summed E-state index contributed by atoms with van der Waals surface area (Å²) in [6.07, 6.45) is 0. The first-order chi connectivity index (χ1) is 11.8. The van der Waals surface area contributed by atoms with Gasteiger partial charge in [-0.2, -0.15) is 4.31 Å². The molecule has 2 atom stereocenters. The molecule has 2 aromatic carbocycles. The molecular formula is C17H20ClN3O4S. The summed E-state index contributed by atoms with van der Waals surface area (Å²) in [6, 6.07) is 13.1. The van der Waals surface area contributed by atoms with E-state index >= 15 is 0 Å². The van der Waals surface area contributed by atoms with Crippen molar-refractivity contribution in [2.45, 2.75) is 23.8 Å². The van der Waals surface area contributed by atoms with E-state index in [2.05, 4.69) is 0 Å². The fraction of sp³-hybridized carbons (Fsp3) is 0.294. The normalized spacial score (nSPS) is 20.5. The lowest BCUT2D eigenvalue weighted by Crippen LogP contribution is -2.32. The summed E-state index contributed by atoms with van der Waals surface area (Å²) < 4.78 is 27.3. The molecule has 0 bridgehead atoms. The molecule has 0 aliphatic carbocycles. The predicted octanol–water partition coefficient (Wildman–Crippen LogP) is 2.44. The summed E-state index contributed by atoms with van der Waals surface area (Å²) in [5.74, 6) is -0.102. The SMILES string of the molecule is Cc1ccc([N+](=O)[O-])cc1S(=O)(=O)N1C[C@@H](N)[C@H](c2ccccc2)C1.Cl. The molecule has 7 nitrogen and oxygen atoms in total. The van der Waals surface area contributed by atoms with E-state index in [9.17, 15) is 18.5 Å². The van der Waals surface area contributed by atoms with E-state index in [-0.39, 0.29) is 48.0 Å². The molecule has 0 amide bonds. The molecule has 1 aliphatic heterocycles. The van der Waals surface area contributed by atoms with Crippen LogP contribution in [0.2, 0.25) is 0 Å². The third-order valence-electron chi connectivity index (χ3n) is 4.56. The lowest BCUT2D eigenvalue weighted by Gasteiger charge is -2.18. The lowest BCUT2D eigenvalue weighted by atomic mass is 9.95. The Morgan fingerprint density at radius 2 is 1.81 bits per heavy atom. The smallest absolute Gasteiger partial charge is 0.270 e. The number of non-ortho nitro benzene ring substituents is 1. The maximum Gasteiger partial charge on any atom is 0.270 e. The molecule has 1 saturated heterocycles. The van der Waals surface area contributed by atoms with Gasteiger partial charge in [-0.1, -0.05) is 36.4 Å². The maximum atomic E-state index is 13.0. The molecule has 0 radical (unpaired) electrons. The van der Waals surface area contributed by atoms with Crippen molar-refractivity contribution in [1.29, 1.82) is 0 Å². The molecule has 0 unspecified atom stereocenters. The van der Waals surface area contributed by atoms with Gasteiger partial charge in [0.2, 0.25) is 10.0 Å². The minimum atomic E-state index is -3.85. The van der Waals surface area contributed by atoms with E-state index in [1.165, 1.54) is 16.4 Å². The zero-order chi connectivity index (χ0) is 18.2. The Kier molecular flexibility index (Phi) is 6.02. The number of nitrogens with two attached hydrogens (primary N) is 1. The van der Waals surface area contributed by atoms with Crippen LogP contribution in [-0.4, -0.2) is 36.8 Å². The highest BCUT2D eigenvalue weighted by atomic mass is 35.5. The van der Waals surface area contributed by atoms with Crippen LogP contribution in [0.3, 0.4) is 0 Å². The number of halogens is 1. The van der Waals surface area contributed by atoms with Crippen molar-refractivity contribution in [2.75, 3.05) is 13.1 Å². The molecule has 0 spiro atoms. The highest BCUT2D eigenvalue weighted by molar-refractivity contribution is 7.89. The Bertz CT molecular complexity index is 905. The second-order valence-electron chi connectivity index (χ2n) is 6.21. The largest absolute Gasteiger partial charge is 0.326 e. The minimum absolute atomic E-state index is 0. The standard InChI is InChI=1S/C17H19N3O4S.ClH/c1-12-7-8-14(20(21)22)9-17(12)25(23,24)19-10-15(16(18)11-19)13-5-3-2-4-6-13;/h2-9,15-16H,10-11,18H2,1H3;1H/t15-,16+;/m0./s1. The van der Waals surface area contributed by atoms with Crippen LogP contribution < -0.4 is 5.73 Å². The number of benzene rings is 2. The number of sulfonamides is 1. The average molecular weight is 398 g/mol. The van der Waals surface area contributed by atoms with Crippen LogP contribution in [-0.2, 0) is 10.0 Å². The molecule has 26 heavy (non-hydrogen) atoms. The summed E-state index contributed by atoms with van der Waals surface area (Å²) in [5, 5.41) is 11.0. The van der Waals surface area contributed by atoms with E-state index < -0.39 is 14.9 Å². The number of nitro benzene ring substituents is 1. The molecule has 3 rings (SSSR count). The molecule has 1 aliphatic rings. The Balaban J connectivity index is 0.00000243.